The molecular formula is C24H38N4O4. The topological polar surface area (TPSA) is 75.2 Å². The smallest absolute Gasteiger partial charge is 0.339 e. The minimum absolute atomic E-state index is 0.127. The van der Waals surface area contributed by atoms with E-state index in [1.54, 1.807) is 19.2 Å². The largest absolute Gasteiger partial charge is 0.462 e. The minimum Gasteiger partial charge on any atom is -0.462 e. The zero-order valence-corrected chi connectivity index (χ0v) is 20.1. The van der Waals surface area contributed by atoms with Gasteiger partial charge in [0.15, 0.2) is 0 Å². The predicted molar refractivity (Wildman–Crippen MR) is 124 cm³/mol. The molecule has 8 heteroatoms. The lowest BCUT2D eigenvalue weighted by Gasteiger charge is -2.42. The Labute approximate surface area is 191 Å². The minimum atomic E-state index is -0.356. The van der Waals surface area contributed by atoms with Gasteiger partial charge in [-0.2, -0.15) is 0 Å². The summed E-state index contributed by atoms with van der Waals surface area (Å²) in [6, 6.07) is 3.48. The van der Waals surface area contributed by atoms with Crippen LogP contribution in [0.3, 0.4) is 0 Å². The Morgan fingerprint density at radius 3 is 2.44 bits per heavy atom. The number of carbonyl (C=O) groups is 2. The number of anilines is 1. The molecule has 2 aliphatic rings. The molecule has 32 heavy (non-hydrogen) atoms. The highest BCUT2D eigenvalue weighted by Crippen LogP contribution is 2.22. The van der Waals surface area contributed by atoms with Crippen LogP contribution in [0.15, 0.2) is 18.3 Å². The van der Waals surface area contributed by atoms with E-state index in [2.05, 4.69) is 42.5 Å². The van der Waals surface area contributed by atoms with Gasteiger partial charge in [-0.25, -0.2) is 9.78 Å². The van der Waals surface area contributed by atoms with Crippen LogP contribution < -0.4 is 4.90 Å². The maximum atomic E-state index is 13.6. The first-order chi connectivity index (χ1) is 15.3. The third-order valence-corrected chi connectivity index (χ3v) is 6.12. The zero-order valence-electron chi connectivity index (χ0n) is 20.1. The molecule has 8 nitrogen and oxygen atoms in total. The fourth-order valence-electron chi connectivity index (χ4n) is 4.77. The highest BCUT2D eigenvalue weighted by molar-refractivity contribution is 5.89. The Kier molecular flexibility index (Phi) is 8.48. The molecular weight excluding hydrogens is 408 g/mol. The van der Waals surface area contributed by atoms with E-state index < -0.39 is 0 Å². The van der Waals surface area contributed by atoms with Crippen molar-refractivity contribution in [3.05, 3.63) is 23.9 Å². The molecule has 2 fully saturated rings. The molecule has 0 radical (unpaired) electrons. The van der Waals surface area contributed by atoms with E-state index in [1.807, 2.05) is 11.0 Å². The summed E-state index contributed by atoms with van der Waals surface area (Å²) < 4.78 is 10.9. The van der Waals surface area contributed by atoms with Gasteiger partial charge >= 0.3 is 5.97 Å². The van der Waals surface area contributed by atoms with Gasteiger partial charge in [-0.05, 0) is 45.2 Å². The van der Waals surface area contributed by atoms with Crippen LogP contribution in [0, 0.1) is 5.92 Å². The summed E-state index contributed by atoms with van der Waals surface area (Å²) in [6.45, 7) is 15.1. The Balaban J connectivity index is 1.64. The van der Waals surface area contributed by atoms with Crippen molar-refractivity contribution >= 4 is 17.7 Å². The Morgan fingerprint density at radius 1 is 1.12 bits per heavy atom. The molecule has 1 aromatic heterocycles. The van der Waals surface area contributed by atoms with Gasteiger partial charge in [-0.1, -0.05) is 13.8 Å². The number of carbonyl (C=O) groups excluding carboxylic acids is 2. The standard InChI is InChI=1S/C24H38N4O4/c1-6-31-24(30)20-8-9-21(25-14-20)26-10-7-11-27(13-12-26)23(29)22(17(2)3)28-15-18(4)32-19(5)16-28/h8-9,14,17-19,22H,6-7,10-13,15-16H2,1-5H3. The van der Waals surface area contributed by atoms with E-state index in [0.717, 1.165) is 45.0 Å². The van der Waals surface area contributed by atoms with Crippen LogP contribution in [-0.4, -0.2) is 90.8 Å². The number of amides is 1. The molecule has 0 saturated carbocycles. The van der Waals surface area contributed by atoms with E-state index in [4.69, 9.17) is 9.47 Å². The van der Waals surface area contributed by atoms with E-state index in [0.29, 0.717) is 18.7 Å². The normalized spacial score (nSPS) is 23.7. The summed E-state index contributed by atoms with van der Waals surface area (Å²) in [6.07, 6.45) is 2.72. The number of hydrogen-bond acceptors (Lipinski definition) is 7. The van der Waals surface area contributed by atoms with Gasteiger partial charge in [0.2, 0.25) is 5.91 Å². The number of esters is 1. The number of ether oxygens (including phenoxy) is 2. The fraction of sp³-hybridized carbons (Fsp3) is 0.708. The van der Waals surface area contributed by atoms with E-state index in [9.17, 15) is 9.59 Å². The summed E-state index contributed by atoms with van der Waals surface area (Å²) in [4.78, 5) is 36.4. The van der Waals surface area contributed by atoms with Gasteiger partial charge in [0.25, 0.3) is 0 Å². The predicted octanol–water partition coefficient (Wildman–Crippen LogP) is 2.43. The van der Waals surface area contributed by atoms with Crippen molar-refractivity contribution in [3.8, 4) is 0 Å². The third-order valence-electron chi connectivity index (χ3n) is 6.12. The molecule has 1 amide bonds. The first-order valence-corrected chi connectivity index (χ1v) is 11.9. The molecule has 0 bridgehead atoms. The first-order valence-electron chi connectivity index (χ1n) is 11.9. The maximum absolute atomic E-state index is 13.6. The van der Waals surface area contributed by atoms with Crippen molar-refractivity contribution in [2.45, 2.75) is 59.3 Å². The number of aromatic nitrogens is 1. The molecule has 3 heterocycles. The summed E-state index contributed by atoms with van der Waals surface area (Å²) in [5.74, 6) is 0.916. The molecule has 2 aliphatic heterocycles. The van der Waals surface area contributed by atoms with Crippen LogP contribution >= 0.6 is 0 Å². The van der Waals surface area contributed by atoms with Crippen LogP contribution in [0.1, 0.15) is 51.4 Å². The van der Waals surface area contributed by atoms with E-state index >= 15 is 0 Å². The van der Waals surface area contributed by atoms with Gasteiger partial charge in [0.1, 0.15) is 5.82 Å². The van der Waals surface area contributed by atoms with Crippen molar-refractivity contribution in [1.82, 2.24) is 14.8 Å². The highest BCUT2D eigenvalue weighted by atomic mass is 16.5. The monoisotopic (exact) mass is 446 g/mol. The molecule has 3 atom stereocenters. The van der Waals surface area contributed by atoms with Gasteiger partial charge in [0.05, 0.1) is 30.4 Å². The second kappa shape index (κ2) is 11.1. The average Bonchev–Trinajstić information content (AvgIpc) is 2.99. The lowest BCUT2D eigenvalue weighted by Crippen LogP contribution is -2.58. The SMILES string of the molecule is CCOC(=O)c1ccc(N2CCCN(C(=O)C(C(C)C)N3CC(C)OC(C)C3)CC2)nc1. The van der Waals surface area contributed by atoms with E-state index in [1.165, 1.54) is 0 Å². The van der Waals surface area contributed by atoms with Crippen molar-refractivity contribution < 1.29 is 19.1 Å². The second-order valence-electron chi connectivity index (χ2n) is 9.19. The molecule has 0 aromatic carbocycles. The van der Waals surface area contributed by atoms with Gasteiger partial charge in [-0.15, -0.1) is 0 Å². The second-order valence-corrected chi connectivity index (χ2v) is 9.19. The van der Waals surface area contributed by atoms with Crippen molar-refractivity contribution in [2.75, 3.05) is 50.8 Å². The lowest BCUT2D eigenvalue weighted by atomic mass is 9.99. The molecule has 1 aromatic rings. The maximum Gasteiger partial charge on any atom is 0.339 e. The first kappa shape index (κ1) is 24.5. The average molecular weight is 447 g/mol. The summed E-state index contributed by atoms with van der Waals surface area (Å²) in [5, 5.41) is 0. The zero-order chi connectivity index (χ0) is 23.3. The van der Waals surface area contributed by atoms with Crippen LogP contribution in [0.2, 0.25) is 0 Å². The molecule has 3 rings (SSSR count). The van der Waals surface area contributed by atoms with Gasteiger partial charge in [0, 0.05) is 45.5 Å². The number of pyridine rings is 1. The van der Waals surface area contributed by atoms with Crippen LogP contribution in [0.25, 0.3) is 0 Å². The molecule has 2 saturated heterocycles. The lowest BCUT2D eigenvalue weighted by molar-refractivity contribution is -0.145. The van der Waals surface area contributed by atoms with Crippen molar-refractivity contribution in [2.24, 2.45) is 5.92 Å². The molecule has 178 valence electrons. The quantitative estimate of drug-likeness (QED) is 0.621. The van der Waals surface area contributed by atoms with Crippen molar-refractivity contribution in [1.29, 1.82) is 0 Å². The summed E-state index contributed by atoms with van der Waals surface area (Å²) >= 11 is 0. The fourth-order valence-corrected chi connectivity index (χ4v) is 4.77. The van der Waals surface area contributed by atoms with E-state index in [-0.39, 0.29) is 36.0 Å². The number of nitrogens with zero attached hydrogens (tertiary/aromatic N) is 4. The molecule has 0 spiro atoms. The Bertz CT molecular complexity index is 760. The number of rotatable bonds is 6. The van der Waals surface area contributed by atoms with Crippen LogP contribution in [0.5, 0.6) is 0 Å². The number of morpholine rings is 1. The van der Waals surface area contributed by atoms with Crippen LogP contribution in [-0.2, 0) is 14.3 Å². The highest BCUT2D eigenvalue weighted by Gasteiger charge is 2.36. The molecule has 0 aliphatic carbocycles. The van der Waals surface area contributed by atoms with Crippen molar-refractivity contribution in [3.63, 3.8) is 0 Å². The van der Waals surface area contributed by atoms with Crippen LogP contribution in [0.4, 0.5) is 5.82 Å². The molecule has 3 unspecified atom stereocenters. The third kappa shape index (κ3) is 5.98. The van der Waals surface area contributed by atoms with Gasteiger partial charge < -0.3 is 19.3 Å². The molecule has 0 N–H and O–H groups in total. The Hall–Kier alpha value is -2.19. The Morgan fingerprint density at radius 2 is 1.84 bits per heavy atom. The summed E-state index contributed by atoms with van der Waals surface area (Å²) in [5.41, 5.74) is 0.455. The number of hydrogen-bond donors (Lipinski definition) is 0. The van der Waals surface area contributed by atoms with Gasteiger partial charge in [-0.3, -0.25) is 9.69 Å². The summed E-state index contributed by atoms with van der Waals surface area (Å²) in [7, 11) is 0.